The molecule has 1 amide bonds. The lowest BCUT2D eigenvalue weighted by atomic mass is 10.4. The van der Waals surface area contributed by atoms with E-state index >= 15 is 0 Å². The van der Waals surface area contributed by atoms with Crippen LogP contribution in [0.15, 0.2) is 12.4 Å². The van der Waals surface area contributed by atoms with Gasteiger partial charge in [0.1, 0.15) is 0 Å². The fourth-order valence-electron chi connectivity index (χ4n) is 0.939. The number of hydrogen-bond acceptors (Lipinski definition) is 3. The lowest BCUT2D eigenvalue weighted by molar-refractivity contribution is -0.117. The molecule has 0 fully saturated rings. The maximum absolute atomic E-state index is 11.2. The third-order valence-corrected chi connectivity index (χ3v) is 1.58. The summed E-state index contributed by atoms with van der Waals surface area (Å²) >= 11 is 0. The van der Waals surface area contributed by atoms with Crippen LogP contribution in [0.3, 0.4) is 0 Å². The highest BCUT2D eigenvalue weighted by Gasteiger charge is 2.02. The Kier molecular flexibility index (Phi) is 4.71. The molecule has 0 spiro atoms. The number of carbonyl (C=O) groups excluding carboxylic acids is 1. The number of nitrogens with one attached hydrogen (secondary N) is 2. The molecule has 0 aliphatic heterocycles. The van der Waals surface area contributed by atoms with Gasteiger partial charge < -0.3 is 9.72 Å². The number of aromatic amines is 1. The van der Waals surface area contributed by atoms with Crippen LogP contribution < -0.4 is 5.32 Å². The summed E-state index contributed by atoms with van der Waals surface area (Å²) in [6.07, 6.45) is 4.58. The summed E-state index contributed by atoms with van der Waals surface area (Å²) in [5.74, 6) is 0.390. The van der Waals surface area contributed by atoms with E-state index < -0.39 is 0 Å². The fraction of sp³-hybridized carbons (Fsp3) is 0.556. The molecule has 1 aromatic heterocycles. The number of anilines is 1. The van der Waals surface area contributed by atoms with Crippen LogP contribution in [-0.2, 0) is 9.53 Å². The van der Waals surface area contributed by atoms with Crippen molar-refractivity contribution in [2.45, 2.75) is 19.8 Å². The minimum absolute atomic E-state index is 0.0870. The first-order chi connectivity index (χ1) is 6.83. The average molecular weight is 197 g/mol. The number of nitrogens with zero attached hydrogens (tertiary/aromatic N) is 1. The minimum Gasteiger partial charge on any atom is -0.381 e. The monoisotopic (exact) mass is 197 g/mol. The smallest absolute Gasteiger partial charge is 0.228 e. The highest BCUT2D eigenvalue weighted by atomic mass is 16.5. The summed E-state index contributed by atoms with van der Waals surface area (Å²) in [6.45, 7) is 3.19. The lowest BCUT2D eigenvalue weighted by Crippen LogP contribution is -2.15. The molecule has 1 aromatic rings. The zero-order valence-electron chi connectivity index (χ0n) is 8.25. The predicted molar refractivity (Wildman–Crippen MR) is 52.9 cm³/mol. The molecule has 0 aliphatic rings. The first-order valence-corrected chi connectivity index (χ1v) is 4.70. The number of imidazole rings is 1. The van der Waals surface area contributed by atoms with E-state index in [9.17, 15) is 4.79 Å². The molecular formula is C9H15N3O2. The number of H-pyrrole nitrogens is 1. The molecule has 0 saturated heterocycles. The normalized spacial score (nSPS) is 10.1. The second-order valence-corrected chi connectivity index (χ2v) is 2.85. The highest BCUT2D eigenvalue weighted by molar-refractivity contribution is 5.88. The second-order valence-electron chi connectivity index (χ2n) is 2.85. The number of amides is 1. The van der Waals surface area contributed by atoms with Gasteiger partial charge in [0.25, 0.3) is 0 Å². The summed E-state index contributed by atoms with van der Waals surface area (Å²) in [6, 6.07) is 0. The van der Waals surface area contributed by atoms with Gasteiger partial charge in [-0.2, -0.15) is 0 Å². The maximum atomic E-state index is 11.2. The molecule has 78 valence electrons. The molecule has 5 nitrogen and oxygen atoms in total. The van der Waals surface area contributed by atoms with Crippen molar-refractivity contribution in [2.75, 3.05) is 18.5 Å². The Morgan fingerprint density at radius 2 is 2.50 bits per heavy atom. The molecule has 2 N–H and O–H groups in total. The van der Waals surface area contributed by atoms with Gasteiger partial charge in [-0.15, -0.1) is 0 Å². The van der Waals surface area contributed by atoms with Crippen LogP contribution in [0.2, 0.25) is 0 Å². The van der Waals surface area contributed by atoms with E-state index in [1.165, 1.54) is 0 Å². The molecular weight excluding hydrogens is 182 g/mol. The van der Waals surface area contributed by atoms with Gasteiger partial charge in [-0.05, 0) is 6.42 Å². The van der Waals surface area contributed by atoms with Crippen molar-refractivity contribution < 1.29 is 9.53 Å². The summed E-state index contributed by atoms with van der Waals surface area (Å²) in [5.41, 5.74) is 0. The molecule has 1 rings (SSSR count). The molecule has 0 aromatic carbocycles. The summed E-state index contributed by atoms with van der Waals surface area (Å²) in [5, 5.41) is 2.61. The van der Waals surface area contributed by atoms with E-state index in [0.29, 0.717) is 25.6 Å². The third kappa shape index (κ3) is 4.04. The predicted octanol–water partition coefficient (Wildman–Crippen LogP) is 1.16. The van der Waals surface area contributed by atoms with Crippen LogP contribution in [0.5, 0.6) is 0 Å². The van der Waals surface area contributed by atoms with Crippen molar-refractivity contribution in [3.63, 3.8) is 0 Å². The molecule has 0 atom stereocenters. The quantitative estimate of drug-likeness (QED) is 0.672. The zero-order valence-corrected chi connectivity index (χ0v) is 8.25. The molecule has 14 heavy (non-hydrogen) atoms. The van der Waals surface area contributed by atoms with E-state index in [0.717, 1.165) is 6.42 Å². The Bertz CT molecular complexity index is 259. The Morgan fingerprint density at radius 1 is 1.64 bits per heavy atom. The van der Waals surface area contributed by atoms with Crippen LogP contribution in [0, 0.1) is 0 Å². The van der Waals surface area contributed by atoms with Crippen LogP contribution in [0.25, 0.3) is 0 Å². The van der Waals surface area contributed by atoms with Crippen molar-refractivity contribution in [3.05, 3.63) is 12.4 Å². The summed E-state index contributed by atoms with van der Waals surface area (Å²) in [4.78, 5) is 17.9. The number of carbonyl (C=O) groups is 1. The summed E-state index contributed by atoms with van der Waals surface area (Å²) < 4.78 is 5.18. The Balaban J connectivity index is 2.11. The molecule has 1 heterocycles. The Hall–Kier alpha value is -1.36. The van der Waals surface area contributed by atoms with Crippen molar-refractivity contribution in [1.29, 1.82) is 0 Å². The first kappa shape index (κ1) is 10.7. The zero-order chi connectivity index (χ0) is 10.2. The number of hydrogen-bond donors (Lipinski definition) is 2. The topological polar surface area (TPSA) is 67.0 Å². The van der Waals surface area contributed by atoms with E-state index in [1.807, 2.05) is 6.92 Å². The van der Waals surface area contributed by atoms with Gasteiger partial charge in [0.15, 0.2) is 0 Å². The molecule has 0 unspecified atom stereocenters. The van der Waals surface area contributed by atoms with Gasteiger partial charge in [0.05, 0.1) is 13.0 Å². The van der Waals surface area contributed by atoms with Crippen LogP contribution in [0.4, 0.5) is 5.95 Å². The van der Waals surface area contributed by atoms with Crippen molar-refractivity contribution in [2.24, 2.45) is 0 Å². The van der Waals surface area contributed by atoms with Gasteiger partial charge in [-0.1, -0.05) is 6.92 Å². The molecule has 0 radical (unpaired) electrons. The Labute approximate surface area is 82.9 Å². The van der Waals surface area contributed by atoms with Crippen LogP contribution in [0.1, 0.15) is 19.8 Å². The molecule has 0 aliphatic carbocycles. The number of rotatable bonds is 6. The van der Waals surface area contributed by atoms with Crippen LogP contribution >= 0.6 is 0 Å². The molecule has 0 bridgehead atoms. The number of ether oxygens (including phenoxy) is 1. The standard InChI is InChI=1S/C9H15N3O2/c1-2-6-14-7-3-8(13)12-9-10-4-5-11-9/h4-5H,2-3,6-7H2,1H3,(H2,10,11,12,13). The van der Waals surface area contributed by atoms with E-state index in [4.69, 9.17) is 4.74 Å². The summed E-state index contributed by atoms with van der Waals surface area (Å²) in [7, 11) is 0. The Morgan fingerprint density at radius 3 is 3.14 bits per heavy atom. The first-order valence-electron chi connectivity index (χ1n) is 4.70. The fourth-order valence-corrected chi connectivity index (χ4v) is 0.939. The average Bonchev–Trinajstić information content (AvgIpc) is 2.65. The maximum Gasteiger partial charge on any atom is 0.228 e. The van der Waals surface area contributed by atoms with E-state index in [-0.39, 0.29) is 5.91 Å². The van der Waals surface area contributed by atoms with Gasteiger partial charge in [-0.25, -0.2) is 4.98 Å². The van der Waals surface area contributed by atoms with Gasteiger partial charge in [-0.3, -0.25) is 10.1 Å². The van der Waals surface area contributed by atoms with E-state index in [1.54, 1.807) is 12.4 Å². The van der Waals surface area contributed by atoms with Crippen molar-refractivity contribution >= 4 is 11.9 Å². The number of aromatic nitrogens is 2. The molecule has 5 heteroatoms. The van der Waals surface area contributed by atoms with Crippen LogP contribution in [-0.4, -0.2) is 29.1 Å². The highest BCUT2D eigenvalue weighted by Crippen LogP contribution is 1.96. The van der Waals surface area contributed by atoms with E-state index in [2.05, 4.69) is 15.3 Å². The largest absolute Gasteiger partial charge is 0.381 e. The van der Waals surface area contributed by atoms with Crippen molar-refractivity contribution in [1.82, 2.24) is 9.97 Å². The minimum atomic E-state index is -0.0870. The SMILES string of the molecule is CCCOCCC(=O)Nc1ncc[nH]1. The second kappa shape index (κ2) is 6.15. The van der Waals surface area contributed by atoms with Gasteiger partial charge in [0, 0.05) is 19.0 Å². The van der Waals surface area contributed by atoms with Crippen molar-refractivity contribution in [3.8, 4) is 0 Å². The van der Waals surface area contributed by atoms with Gasteiger partial charge >= 0.3 is 0 Å². The molecule has 0 saturated carbocycles. The third-order valence-electron chi connectivity index (χ3n) is 1.58. The lowest BCUT2D eigenvalue weighted by Gasteiger charge is -2.02. The van der Waals surface area contributed by atoms with Gasteiger partial charge in [0.2, 0.25) is 11.9 Å².